The van der Waals surface area contributed by atoms with Gasteiger partial charge in [0.1, 0.15) is 5.82 Å². The van der Waals surface area contributed by atoms with E-state index in [1.807, 2.05) is 30.5 Å². The number of carbonyl (C=O) groups excluding carboxylic acids is 1. The fraction of sp³-hybridized carbons (Fsp3) is 0.273. The molecule has 0 aliphatic carbocycles. The van der Waals surface area contributed by atoms with Crippen molar-refractivity contribution in [1.29, 1.82) is 0 Å². The number of nitrogens with zero attached hydrogens (tertiary/aromatic N) is 2. The van der Waals surface area contributed by atoms with Gasteiger partial charge in [-0.05, 0) is 63.1 Å². The fourth-order valence-corrected chi connectivity index (χ4v) is 3.33. The number of unbranched alkanes of at least 4 members (excludes halogenated alkanes) is 1. The second-order valence-corrected chi connectivity index (χ2v) is 6.79. The first-order valence-corrected chi connectivity index (χ1v) is 9.36. The van der Waals surface area contributed by atoms with Crippen LogP contribution >= 0.6 is 0 Å². The van der Waals surface area contributed by atoms with Crippen molar-refractivity contribution in [3.05, 3.63) is 87.9 Å². The van der Waals surface area contributed by atoms with Crippen LogP contribution in [0.3, 0.4) is 0 Å². The average Bonchev–Trinajstić information content (AvgIpc) is 2.98. The third kappa shape index (κ3) is 4.39. The zero-order valence-corrected chi connectivity index (χ0v) is 16.1. The molecule has 3 aromatic rings. The molecule has 3 rings (SSSR count). The third-order valence-corrected chi connectivity index (χ3v) is 4.77. The Hall–Kier alpha value is -3.15. The van der Waals surface area contributed by atoms with Gasteiger partial charge in [-0.3, -0.25) is 9.59 Å². The maximum Gasteiger partial charge on any atom is 0.253 e. The summed E-state index contributed by atoms with van der Waals surface area (Å²) >= 11 is 0. The highest BCUT2D eigenvalue weighted by atomic mass is 19.1. The first kappa shape index (κ1) is 19.6. The molecule has 0 atom stereocenters. The minimum absolute atomic E-state index is 0.0141. The second kappa shape index (κ2) is 8.69. The van der Waals surface area contributed by atoms with Crippen LogP contribution in [-0.4, -0.2) is 21.6 Å². The summed E-state index contributed by atoms with van der Waals surface area (Å²) in [5, 5.41) is 2.94. The largest absolute Gasteiger partial charge is 0.352 e. The van der Waals surface area contributed by atoms with Gasteiger partial charge in [0, 0.05) is 42.4 Å². The summed E-state index contributed by atoms with van der Waals surface area (Å²) in [6.45, 7) is 4.98. The Morgan fingerprint density at radius 1 is 1.07 bits per heavy atom. The number of rotatable bonds is 7. The van der Waals surface area contributed by atoms with Crippen LogP contribution in [0.2, 0.25) is 0 Å². The SMILES string of the molecule is Cc1cc(C(=O)NCCCCn2ccccc2=O)c(C)n1-c1ccc(F)cc1. The van der Waals surface area contributed by atoms with Crippen molar-refractivity contribution < 1.29 is 9.18 Å². The maximum absolute atomic E-state index is 13.2. The van der Waals surface area contributed by atoms with Crippen LogP contribution in [-0.2, 0) is 6.54 Å². The lowest BCUT2D eigenvalue weighted by atomic mass is 10.2. The number of aryl methyl sites for hydroxylation is 2. The van der Waals surface area contributed by atoms with Crippen LogP contribution in [0.4, 0.5) is 4.39 Å². The van der Waals surface area contributed by atoms with Crippen molar-refractivity contribution in [2.24, 2.45) is 0 Å². The number of carbonyl (C=O) groups is 1. The Morgan fingerprint density at radius 3 is 2.54 bits per heavy atom. The Morgan fingerprint density at radius 2 is 1.82 bits per heavy atom. The lowest BCUT2D eigenvalue weighted by Gasteiger charge is -2.10. The van der Waals surface area contributed by atoms with Gasteiger partial charge in [0.05, 0.1) is 5.56 Å². The summed E-state index contributed by atoms with van der Waals surface area (Å²) in [6, 6.07) is 13.2. The van der Waals surface area contributed by atoms with E-state index in [1.165, 1.54) is 12.1 Å². The van der Waals surface area contributed by atoms with Gasteiger partial charge in [-0.1, -0.05) is 6.07 Å². The van der Waals surface area contributed by atoms with E-state index in [4.69, 9.17) is 0 Å². The van der Waals surface area contributed by atoms with Crippen LogP contribution < -0.4 is 10.9 Å². The highest BCUT2D eigenvalue weighted by Crippen LogP contribution is 2.21. The van der Waals surface area contributed by atoms with Gasteiger partial charge in [0.25, 0.3) is 5.91 Å². The predicted molar refractivity (Wildman–Crippen MR) is 107 cm³/mol. The molecule has 146 valence electrons. The molecule has 0 aliphatic heterocycles. The molecule has 0 unspecified atom stereocenters. The summed E-state index contributed by atoms with van der Waals surface area (Å²) in [5.74, 6) is -0.416. The van der Waals surface area contributed by atoms with Gasteiger partial charge in [0.2, 0.25) is 5.56 Å². The van der Waals surface area contributed by atoms with E-state index in [1.54, 1.807) is 35.0 Å². The summed E-state index contributed by atoms with van der Waals surface area (Å²) in [7, 11) is 0. The van der Waals surface area contributed by atoms with Crippen molar-refractivity contribution in [3.63, 3.8) is 0 Å². The smallest absolute Gasteiger partial charge is 0.253 e. The molecule has 0 radical (unpaired) electrons. The summed E-state index contributed by atoms with van der Waals surface area (Å²) < 4.78 is 16.8. The molecule has 0 fully saturated rings. The predicted octanol–water partition coefficient (Wildman–Crippen LogP) is 3.61. The molecule has 2 heterocycles. The quantitative estimate of drug-likeness (QED) is 0.636. The number of pyridine rings is 1. The molecule has 1 amide bonds. The van der Waals surface area contributed by atoms with Gasteiger partial charge in [-0.25, -0.2) is 4.39 Å². The number of nitrogens with one attached hydrogen (secondary N) is 1. The van der Waals surface area contributed by atoms with Gasteiger partial charge < -0.3 is 14.5 Å². The molecular weight excluding hydrogens is 357 g/mol. The molecule has 0 bridgehead atoms. The number of aromatic nitrogens is 2. The Bertz CT molecular complexity index is 1020. The van der Waals surface area contributed by atoms with Gasteiger partial charge in [-0.15, -0.1) is 0 Å². The first-order valence-electron chi connectivity index (χ1n) is 9.36. The van der Waals surface area contributed by atoms with E-state index < -0.39 is 0 Å². The first-order chi connectivity index (χ1) is 13.5. The van der Waals surface area contributed by atoms with Crippen molar-refractivity contribution >= 4 is 5.91 Å². The summed E-state index contributed by atoms with van der Waals surface area (Å²) in [5.41, 5.74) is 3.15. The Balaban J connectivity index is 1.57. The topological polar surface area (TPSA) is 56.0 Å². The molecule has 0 saturated heterocycles. The van der Waals surface area contributed by atoms with Crippen molar-refractivity contribution in [1.82, 2.24) is 14.5 Å². The van der Waals surface area contributed by atoms with E-state index in [-0.39, 0.29) is 17.3 Å². The average molecular weight is 381 g/mol. The van der Waals surface area contributed by atoms with Crippen molar-refractivity contribution in [3.8, 4) is 5.69 Å². The van der Waals surface area contributed by atoms with Gasteiger partial charge >= 0.3 is 0 Å². The minimum atomic E-state index is -0.290. The molecule has 0 aliphatic rings. The monoisotopic (exact) mass is 381 g/mol. The van der Waals surface area contributed by atoms with Crippen LogP contribution in [0.5, 0.6) is 0 Å². The Labute approximate surface area is 163 Å². The molecule has 2 aromatic heterocycles. The van der Waals surface area contributed by atoms with Crippen LogP contribution in [0.1, 0.15) is 34.6 Å². The molecule has 0 spiro atoms. The maximum atomic E-state index is 13.2. The zero-order valence-electron chi connectivity index (χ0n) is 16.1. The number of amides is 1. The lowest BCUT2D eigenvalue weighted by Crippen LogP contribution is -2.25. The fourth-order valence-electron chi connectivity index (χ4n) is 3.33. The zero-order chi connectivity index (χ0) is 20.1. The molecular formula is C22H24FN3O2. The van der Waals surface area contributed by atoms with Crippen LogP contribution in [0.25, 0.3) is 5.69 Å². The number of hydrogen-bond acceptors (Lipinski definition) is 2. The van der Waals surface area contributed by atoms with E-state index in [0.29, 0.717) is 18.7 Å². The van der Waals surface area contributed by atoms with Crippen LogP contribution in [0, 0.1) is 19.7 Å². The molecule has 1 N–H and O–H groups in total. The lowest BCUT2D eigenvalue weighted by molar-refractivity contribution is 0.0952. The van der Waals surface area contributed by atoms with Crippen LogP contribution in [0.15, 0.2) is 59.5 Å². The highest BCUT2D eigenvalue weighted by molar-refractivity contribution is 5.95. The molecule has 28 heavy (non-hydrogen) atoms. The van der Waals surface area contributed by atoms with Gasteiger partial charge in [-0.2, -0.15) is 0 Å². The summed E-state index contributed by atoms with van der Waals surface area (Å²) in [4.78, 5) is 24.2. The number of benzene rings is 1. The normalized spacial score (nSPS) is 10.8. The number of hydrogen-bond donors (Lipinski definition) is 1. The molecule has 0 saturated carbocycles. The minimum Gasteiger partial charge on any atom is -0.352 e. The van der Waals surface area contributed by atoms with E-state index in [9.17, 15) is 14.0 Å². The van der Waals surface area contributed by atoms with Gasteiger partial charge in [0.15, 0.2) is 0 Å². The molecule has 1 aromatic carbocycles. The van der Waals surface area contributed by atoms with E-state index in [0.717, 1.165) is 29.9 Å². The molecule has 5 nitrogen and oxygen atoms in total. The van der Waals surface area contributed by atoms with E-state index >= 15 is 0 Å². The van der Waals surface area contributed by atoms with Crippen molar-refractivity contribution in [2.75, 3.05) is 6.54 Å². The standard InChI is InChI=1S/C22H24FN3O2/c1-16-15-20(17(2)26(16)19-10-8-18(23)9-11-19)22(28)24-12-4-6-14-25-13-5-3-7-21(25)27/h3,5,7-11,13,15H,4,6,12,14H2,1-2H3,(H,24,28). The van der Waals surface area contributed by atoms with Crippen molar-refractivity contribution in [2.45, 2.75) is 33.2 Å². The highest BCUT2D eigenvalue weighted by Gasteiger charge is 2.16. The Kier molecular flexibility index (Phi) is 6.09. The second-order valence-electron chi connectivity index (χ2n) is 6.79. The number of halogens is 1. The van der Waals surface area contributed by atoms with E-state index in [2.05, 4.69) is 5.32 Å². The molecule has 6 heteroatoms. The third-order valence-electron chi connectivity index (χ3n) is 4.77. The summed E-state index contributed by atoms with van der Waals surface area (Å²) in [6.07, 6.45) is 3.35.